The summed E-state index contributed by atoms with van der Waals surface area (Å²) in [5.74, 6) is -0.868. The lowest BCUT2D eigenvalue weighted by Gasteiger charge is -2.38. The lowest BCUT2D eigenvalue weighted by Crippen LogP contribution is -2.40. The molecule has 1 saturated heterocycles. The molecule has 1 N–H and O–H groups in total. The number of halogens is 2. The lowest BCUT2D eigenvalue weighted by molar-refractivity contribution is -0.172. The van der Waals surface area contributed by atoms with Gasteiger partial charge in [0.25, 0.3) is 0 Å². The van der Waals surface area contributed by atoms with Gasteiger partial charge in [0.05, 0.1) is 17.1 Å². The largest absolute Gasteiger partial charge is 0.481 e. The zero-order chi connectivity index (χ0) is 17.0. The van der Waals surface area contributed by atoms with E-state index in [0.29, 0.717) is 18.1 Å². The van der Waals surface area contributed by atoms with E-state index in [1.54, 1.807) is 18.3 Å². The fourth-order valence-corrected chi connectivity index (χ4v) is 3.88. The number of piperidine rings is 1. The molecule has 0 unspecified atom stereocenters. The van der Waals surface area contributed by atoms with Crippen LogP contribution < -0.4 is 0 Å². The summed E-state index contributed by atoms with van der Waals surface area (Å²) in [4.78, 5) is 11.8. The predicted molar refractivity (Wildman–Crippen MR) is 89.8 cm³/mol. The van der Waals surface area contributed by atoms with Crippen LogP contribution in [0.2, 0.25) is 5.02 Å². The highest BCUT2D eigenvalue weighted by molar-refractivity contribution is 6.31. The predicted octanol–water partition coefficient (Wildman–Crippen LogP) is 4.28. The number of carboxylic acid groups (broad SMARTS) is 1. The summed E-state index contributed by atoms with van der Waals surface area (Å²) >= 11 is 12.4. The molecule has 1 spiro atoms. The zero-order valence-electron chi connectivity index (χ0n) is 13.5. The Kier molecular flexibility index (Phi) is 4.16. The van der Waals surface area contributed by atoms with E-state index in [-0.39, 0.29) is 0 Å². The van der Waals surface area contributed by atoms with Crippen LogP contribution in [0.15, 0.2) is 12.1 Å². The Labute approximate surface area is 146 Å². The van der Waals surface area contributed by atoms with Gasteiger partial charge in [-0.1, -0.05) is 17.7 Å². The molecule has 2 aliphatic heterocycles. The highest BCUT2D eigenvalue weighted by Gasteiger charge is 2.53. The molecular formula is C17H21Cl2NO3. The van der Waals surface area contributed by atoms with E-state index in [4.69, 9.17) is 28.1 Å². The second kappa shape index (κ2) is 5.62. The lowest BCUT2D eigenvalue weighted by atomic mass is 9.79. The van der Waals surface area contributed by atoms with Crippen LogP contribution >= 0.6 is 23.4 Å². The standard InChI is InChI=1S/C17H21Cl2NO3/c1-10-8-11-12(9-13(10)18)17(4-6-20(19)7-5-17)23-14(11)16(2,3)15(21)22/h8-9,14H,4-7H2,1-3H3,(H,21,22)/t14-/m0/s1. The number of hydrogen-bond acceptors (Lipinski definition) is 3. The van der Waals surface area contributed by atoms with E-state index in [1.807, 2.05) is 19.1 Å². The number of fused-ring (bicyclic) bond motifs is 2. The second-order valence-corrected chi connectivity index (χ2v) is 8.00. The third kappa shape index (κ3) is 2.66. The number of aryl methyl sites for hydroxylation is 1. The van der Waals surface area contributed by atoms with Crippen molar-refractivity contribution in [3.63, 3.8) is 0 Å². The average Bonchev–Trinajstić information content (AvgIpc) is 2.78. The first-order chi connectivity index (χ1) is 10.7. The highest BCUT2D eigenvalue weighted by Crippen LogP contribution is 2.55. The summed E-state index contributed by atoms with van der Waals surface area (Å²) in [6.45, 7) is 6.76. The fourth-order valence-electron chi connectivity index (χ4n) is 3.54. The minimum atomic E-state index is -1.02. The van der Waals surface area contributed by atoms with Crippen molar-refractivity contribution in [2.75, 3.05) is 13.1 Å². The number of aliphatic carboxylic acids is 1. The summed E-state index contributed by atoms with van der Waals surface area (Å²) < 4.78 is 8.17. The van der Waals surface area contributed by atoms with Crippen molar-refractivity contribution in [2.45, 2.75) is 45.3 Å². The van der Waals surface area contributed by atoms with Gasteiger partial charge >= 0.3 is 5.97 Å². The minimum Gasteiger partial charge on any atom is -0.481 e. The Bertz CT molecular complexity index is 651. The van der Waals surface area contributed by atoms with E-state index in [9.17, 15) is 9.90 Å². The van der Waals surface area contributed by atoms with Crippen molar-refractivity contribution in [3.05, 3.63) is 33.8 Å². The first-order valence-corrected chi connectivity index (χ1v) is 8.51. The summed E-state index contributed by atoms with van der Waals surface area (Å²) in [5.41, 5.74) is 1.40. The van der Waals surface area contributed by atoms with Crippen molar-refractivity contribution >= 4 is 29.3 Å². The van der Waals surface area contributed by atoms with Crippen LogP contribution in [0, 0.1) is 12.3 Å². The Hall–Kier alpha value is -0.810. The van der Waals surface area contributed by atoms with Gasteiger partial charge < -0.3 is 9.84 Å². The number of nitrogens with zero attached hydrogens (tertiary/aromatic N) is 1. The first-order valence-electron chi connectivity index (χ1n) is 7.80. The summed E-state index contributed by atoms with van der Waals surface area (Å²) in [6, 6.07) is 3.93. The molecule has 0 amide bonds. The Balaban J connectivity index is 2.12. The van der Waals surface area contributed by atoms with Gasteiger partial charge in [-0.3, -0.25) is 4.79 Å². The van der Waals surface area contributed by atoms with Gasteiger partial charge in [0.15, 0.2) is 0 Å². The van der Waals surface area contributed by atoms with Gasteiger partial charge in [0.1, 0.15) is 0 Å². The molecule has 0 radical (unpaired) electrons. The molecule has 4 nitrogen and oxygen atoms in total. The van der Waals surface area contributed by atoms with Gasteiger partial charge in [-0.05, 0) is 68.1 Å². The molecule has 2 heterocycles. The highest BCUT2D eigenvalue weighted by atomic mass is 35.5. The molecule has 1 atom stereocenters. The third-order valence-electron chi connectivity index (χ3n) is 5.17. The maximum atomic E-state index is 11.8. The molecule has 3 rings (SSSR count). The van der Waals surface area contributed by atoms with Crippen molar-refractivity contribution < 1.29 is 14.6 Å². The smallest absolute Gasteiger partial charge is 0.312 e. The summed E-state index contributed by atoms with van der Waals surface area (Å²) in [6.07, 6.45) is 0.970. The van der Waals surface area contributed by atoms with Crippen molar-refractivity contribution in [1.82, 2.24) is 4.42 Å². The van der Waals surface area contributed by atoms with E-state index < -0.39 is 23.1 Å². The van der Waals surface area contributed by atoms with Gasteiger partial charge in [-0.25, -0.2) is 4.42 Å². The van der Waals surface area contributed by atoms with Crippen LogP contribution in [-0.4, -0.2) is 28.6 Å². The monoisotopic (exact) mass is 357 g/mol. The topological polar surface area (TPSA) is 49.8 Å². The van der Waals surface area contributed by atoms with Crippen LogP contribution in [-0.2, 0) is 15.1 Å². The molecule has 23 heavy (non-hydrogen) atoms. The fraction of sp³-hybridized carbons (Fsp3) is 0.588. The molecule has 126 valence electrons. The molecule has 0 aromatic heterocycles. The van der Waals surface area contributed by atoms with Crippen LogP contribution in [0.25, 0.3) is 0 Å². The quantitative estimate of drug-likeness (QED) is 0.802. The van der Waals surface area contributed by atoms with Gasteiger partial charge in [-0.15, -0.1) is 0 Å². The zero-order valence-corrected chi connectivity index (χ0v) is 15.0. The first kappa shape index (κ1) is 17.0. The van der Waals surface area contributed by atoms with Crippen LogP contribution in [0.3, 0.4) is 0 Å². The van der Waals surface area contributed by atoms with Crippen LogP contribution in [0.4, 0.5) is 0 Å². The molecule has 1 fully saturated rings. The van der Waals surface area contributed by atoms with Gasteiger partial charge in [0.2, 0.25) is 0 Å². The normalized spacial score (nSPS) is 24.0. The third-order valence-corrected chi connectivity index (χ3v) is 5.92. The van der Waals surface area contributed by atoms with Crippen molar-refractivity contribution in [1.29, 1.82) is 0 Å². The van der Waals surface area contributed by atoms with Crippen LogP contribution in [0.5, 0.6) is 0 Å². The van der Waals surface area contributed by atoms with E-state index in [0.717, 1.165) is 29.5 Å². The van der Waals surface area contributed by atoms with Gasteiger partial charge in [0, 0.05) is 18.1 Å². The maximum absolute atomic E-state index is 11.8. The minimum absolute atomic E-state index is 0.491. The Morgan fingerprint density at radius 2 is 2.00 bits per heavy atom. The molecule has 0 bridgehead atoms. The number of carbonyl (C=O) groups is 1. The van der Waals surface area contributed by atoms with Crippen molar-refractivity contribution in [3.8, 4) is 0 Å². The van der Waals surface area contributed by atoms with E-state index in [2.05, 4.69) is 0 Å². The van der Waals surface area contributed by atoms with E-state index in [1.165, 1.54) is 0 Å². The van der Waals surface area contributed by atoms with E-state index >= 15 is 0 Å². The molecule has 0 saturated carbocycles. The number of carboxylic acids is 1. The number of benzene rings is 1. The second-order valence-electron chi connectivity index (χ2n) is 7.12. The molecule has 2 aliphatic rings. The molecule has 1 aromatic carbocycles. The van der Waals surface area contributed by atoms with Gasteiger partial charge in [-0.2, -0.15) is 0 Å². The van der Waals surface area contributed by atoms with Crippen molar-refractivity contribution in [2.24, 2.45) is 5.41 Å². The molecule has 0 aliphatic carbocycles. The Morgan fingerprint density at radius 3 is 2.57 bits per heavy atom. The average molecular weight is 358 g/mol. The number of hydrogen-bond donors (Lipinski definition) is 1. The SMILES string of the molecule is Cc1cc2c(cc1Cl)C1(CCN(Cl)CC1)O[C@@H]2C(C)(C)C(=O)O. The maximum Gasteiger partial charge on any atom is 0.312 e. The Morgan fingerprint density at radius 1 is 1.39 bits per heavy atom. The number of rotatable bonds is 2. The summed E-state index contributed by atoms with van der Waals surface area (Å²) in [7, 11) is 0. The van der Waals surface area contributed by atoms with Crippen LogP contribution in [0.1, 0.15) is 49.5 Å². The molecule has 6 heteroatoms. The summed E-state index contributed by atoms with van der Waals surface area (Å²) in [5, 5.41) is 10.3. The number of ether oxygens (including phenoxy) is 1. The molecule has 1 aromatic rings. The molecular weight excluding hydrogens is 337 g/mol.